The van der Waals surface area contributed by atoms with Crippen LogP contribution < -0.4 is 14.8 Å². The second kappa shape index (κ2) is 7.65. The number of rotatable bonds is 7. The van der Waals surface area contributed by atoms with E-state index >= 15 is 0 Å². The van der Waals surface area contributed by atoms with Gasteiger partial charge in [-0.3, -0.25) is 10.1 Å². The number of methoxy groups -OCH3 is 2. The lowest BCUT2D eigenvalue weighted by molar-refractivity contribution is 0.102. The monoisotopic (exact) mass is 361 g/mol. The molecule has 1 heterocycles. The van der Waals surface area contributed by atoms with Crippen molar-refractivity contribution >= 4 is 22.4 Å². The summed E-state index contributed by atoms with van der Waals surface area (Å²) in [6.45, 7) is 10.2. The third-order valence-electron chi connectivity index (χ3n) is 4.42. The zero-order valence-electron chi connectivity index (χ0n) is 15.2. The van der Waals surface area contributed by atoms with E-state index in [9.17, 15) is 4.79 Å². The molecule has 0 saturated carbocycles. The van der Waals surface area contributed by atoms with E-state index in [-0.39, 0.29) is 11.3 Å². The minimum atomic E-state index is -0.356. The summed E-state index contributed by atoms with van der Waals surface area (Å²) < 4.78 is 10.5. The van der Waals surface area contributed by atoms with E-state index < -0.39 is 0 Å². The Morgan fingerprint density at radius 3 is 2.36 bits per heavy atom. The van der Waals surface area contributed by atoms with Gasteiger partial charge in [-0.2, -0.15) is 0 Å². The SMILES string of the molecule is C=C(C)C(C)(CC)c1nnc(NC(=O)c2c(OC)cccc2OC)s1. The van der Waals surface area contributed by atoms with Crippen LogP contribution in [-0.4, -0.2) is 30.3 Å². The van der Waals surface area contributed by atoms with Crippen molar-refractivity contribution in [2.24, 2.45) is 0 Å². The summed E-state index contributed by atoms with van der Waals surface area (Å²) in [4.78, 5) is 12.7. The number of hydrogen-bond donors (Lipinski definition) is 1. The normalized spacial score (nSPS) is 13.0. The molecule has 1 aromatic carbocycles. The number of aromatic nitrogens is 2. The molecular weight excluding hydrogens is 338 g/mol. The highest BCUT2D eigenvalue weighted by Crippen LogP contribution is 2.37. The summed E-state index contributed by atoms with van der Waals surface area (Å²) in [5.74, 6) is 0.509. The Bertz CT molecular complexity index is 765. The van der Waals surface area contributed by atoms with Crippen LogP contribution in [0.5, 0.6) is 11.5 Å². The van der Waals surface area contributed by atoms with Gasteiger partial charge in [0, 0.05) is 5.41 Å². The minimum absolute atomic E-state index is 0.261. The highest BCUT2D eigenvalue weighted by molar-refractivity contribution is 7.15. The zero-order valence-corrected chi connectivity index (χ0v) is 16.0. The maximum atomic E-state index is 12.7. The maximum Gasteiger partial charge on any atom is 0.265 e. The highest BCUT2D eigenvalue weighted by Gasteiger charge is 2.30. The van der Waals surface area contributed by atoms with Crippen LogP contribution >= 0.6 is 11.3 Å². The first-order valence-corrected chi connectivity index (χ1v) is 8.71. The third kappa shape index (κ3) is 3.66. The summed E-state index contributed by atoms with van der Waals surface area (Å²) >= 11 is 1.35. The number of amides is 1. The Kier molecular flexibility index (Phi) is 5.79. The number of allylic oxidation sites excluding steroid dienone is 1. The summed E-state index contributed by atoms with van der Waals surface area (Å²) in [6.07, 6.45) is 0.852. The molecule has 134 valence electrons. The van der Waals surface area contributed by atoms with Gasteiger partial charge < -0.3 is 9.47 Å². The van der Waals surface area contributed by atoms with Gasteiger partial charge in [0.2, 0.25) is 5.13 Å². The van der Waals surface area contributed by atoms with Crippen LogP contribution in [0.25, 0.3) is 0 Å². The Morgan fingerprint density at radius 2 is 1.88 bits per heavy atom. The summed E-state index contributed by atoms with van der Waals surface area (Å²) in [7, 11) is 3.02. The fraction of sp³-hybridized carbons (Fsp3) is 0.389. The molecule has 0 saturated heterocycles. The van der Waals surface area contributed by atoms with E-state index in [1.54, 1.807) is 18.2 Å². The van der Waals surface area contributed by atoms with Crippen LogP contribution in [0.2, 0.25) is 0 Å². The largest absolute Gasteiger partial charge is 0.496 e. The van der Waals surface area contributed by atoms with E-state index in [0.29, 0.717) is 22.2 Å². The van der Waals surface area contributed by atoms with Crippen LogP contribution in [0.15, 0.2) is 30.4 Å². The minimum Gasteiger partial charge on any atom is -0.496 e. The standard InChI is InChI=1S/C18H23N3O3S/c1-7-18(4,11(2)3)16-20-21-17(25-16)19-15(22)14-12(23-5)9-8-10-13(14)24-6/h8-10H,2,7H2,1,3-6H3,(H,19,21,22). The average molecular weight is 361 g/mol. The predicted octanol–water partition coefficient (Wildman–Crippen LogP) is 4.05. The molecule has 1 aromatic heterocycles. The average Bonchev–Trinajstić information content (AvgIpc) is 3.08. The lowest BCUT2D eigenvalue weighted by Gasteiger charge is -2.25. The van der Waals surface area contributed by atoms with Crippen molar-refractivity contribution in [1.29, 1.82) is 0 Å². The van der Waals surface area contributed by atoms with Gasteiger partial charge in [-0.1, -0.05) is 36.5 Å². The molecule has 0 spiro atoms. The molecule has 25 heavy (non-hydrogen) atoms. The van der Waals surface area contributed by atoms with Crippen molar-refractivity contribution in [3.8, 4) is 11.5 Å². The van der Waals surface area contributed by atoms with E-state index in [0.717, 1.165) is 17.0 Å². The molecule has 7 heteroatoms. The number of hydrogen-bond acceptors (Lipinski definition) is 6. The molecule has 2 rings (SSSR count). The fourth-order valence-corrected chi connectivity index (χ4v) is 3.40. The van der Waals surface area contributed by atoms with E-state index in [2.05, 4.69) is 35.9 Å². The van der Waals surface area contributed by atoms with Crippen molar-refractivity contribution in [3.63, 3.8) is 0 Å². The number of nitrogens with one attached hydrogen (secondary N) is 1. The van der Waals surface area contributed by atoms with Crippen LogP contribution in [0.4, 0.5) is 5.13 Å². The van der Waals surface area contributed by atoms with Crippen molar-refractivity contribution in [2.45, 2.75) is 32.6 Å². The van der Waals surface area contributed by atoms with Gasteiger partial charge in [0.1, 0.15) is 22.1 Å². The van der Waals surface area contributed by atoms with E-state index in [4.69, 9.17) is 9.47 Å². The lowest BCUT2D eigenvalue weighted by Crippen LogP contribution is -2.21. The Morgan fingerprint density at radius 1 is 1.28 bits per heavy atom. The molecule has 0 bridgehead atoms. The lowest BCUT2D eigenvalue weighted by atomic mass is 9.82. The second-order valence-electron chi connectivity index (χ2n) is 5.87. The smallest absolute Gasteiger partial charge is 0.265 e. The van der Waals surface area contributed by atoms with Gasteiger partial charge in [0.05, 0.1) is 14.2 Å². The van der Waals surface area contributed by atoms with Crippen LogP contribution in [-0.2, 0) is 5.41 Å². The maximum absolute atomic E-state index is 12.7. The zero-order chi connectivity index (χ0) is 18.6. The van der Waals surface area contributed by atoms with Crippen LogP contribution in [0.1, 0.15) is 42.6 Å². The Balaban J connectivity index is 2.30. The van der Waals surface area contributed by atoms with Gasteiger partial charge in [0.15, 0.2) is 0 Å². The molecule has 1 amide bonds. The van der Waals surface area contributed by atoms with Crippen molar-refractivity contribution in [3.05, 3.63) is 40.9 Å². The molecule has 0 aliphatic rings. The molecule has 2 aromatic rings. The predicted molar refractivity (Wildman–Crippen MR) is 99.9 cm³/mol. The first-order valence-electron chi connectivity index (χ1n) is 7.89. The molecule has 1 unspecified atom stereocenters. The molecule has 1 N–H and O–H groups in total. The van der Waals surface area contributed by atoms with Crippen molar-refractivity contribution in [2.75, 3.05) is 19.5 Å². The summed E-state index contributed by atoms with van der Waals surface area (Å²) in [6, 6.07) is 5.17. The van der Waals surface area contributed by atoms with Crippen LogP contribution in [0, 0.1) is 0 Å². The molecule has 0 aliphatic carbocycles. The van der Waals surface area contributed by atoms with Gasteiger partial charge >= 0.3 is 0 Å². The molecule has 0 aliphatic heterocycles. The Hall–Kier alpha value is -2.41. The van der Waals surface area contributed by atoms with Gasteiger partial charge in [-0.05, 0) is 32.4 Å². The number of ether oxygens (including phenoxy) is 2. The topological polar surface area (TPSA) is 73.3 Å². The van der Waals surface area contributed by atoms with E-state index in [1.165, 1.54) is 25.6 Å². The van der Waals surface area contributed by atoms with E-state index in [1.807, 2.05) is 6.92 Å². The van der Waals surface area contributed by atoms with Crippen molar-refractivity contribution in [1.82, 2.24) is 10.2 Å². The molecule has 6 nitrogen and oxygen atoms in total. The number of benzene rings is 1. The number of nitrogens with zero attached hydrogens (tertiary/aromatic N) is 2. The first kappa shape index (κ1) is 18.9. The van der Waals surface area contributed by atoms with Crippen molar-refractivity contribution < 1.29 is 14.3 Å². The Labute approximate surface area is 151 Å². The molecule has 0 fully saturated rings. The second-order valence-corrected chi connectivity index (χ2v) is 6.85. The molecule has 0 radical (unpaired) electrons. The summed E-state index contributed by atoms with van der Waals surface area (Å²) in [5, 5.41) is 12.4. The number of anilines is 1. The fourth-order valence-electron chi connectivity index (χ4n) is 2.37. The third-order valence-corrected chi connectivity index (χ3v) is 5.52. The number of carbonyl (C=O) groups is 1. The van der Waals surface area contributed by atoms with Gasteiger partial charge in [0.25, 0.3) is 5.91 Å². The number of carbonyl (C=O) groups excluding carboxylic acids is 1. The summed E-state index contributed by atoms with van der Waals surface area (Å²) in [5.41, 5.74) is 1.07. The molecule has 1 atom stereocenters. The first-order chi connectivity index (χ1) is 11.9. The highest BCUT2D eigenvalue weighted by atomic mass is 32.1. The van der Waals surface area contributed by atoms with Crippen LogP contribution in [0.3, 0.4) is 0 Å². The quantitative estimate of drug-likeness (QED) is 0.753. The molecular formula is C18H23N3O3S. The van der Waals surface area contributed by atoms with Gasteiger partial charge in [-0.25, -0.2) is 0 Å². The van der Waals surface area contributed by atoms with Gasteiger partial charge in [-0.15, -0.1) is 10.2 Å².